The van der Waals surface area contributed by atoms with Gasteiger partial charge in [0.2, 0.25) is 5.91 Å². The number of carbonyl (C=O) groups excluding carboxylic acids is 1. The predicted molar refractivity (Wildman–Crippen MR) is 76.9 cm³/mol. The van der Waals surface area contributed by atoms with Gasteiger partial charge in [0.25, 0.3) is 0 Å². The summed E-state index contributed by atoms with van der Waals surface area (Å²) in [6.45, 7) is 5.28. The van der Waals surface area contributed by atoms with Crippen molar-refractivity contribution in [3.63, 3.8) is 0 Å². The van der Waals surface area contributed by atoms with E-state index in [2.05, 4.69) is 11.9 Å². The molecule has 0 rings (SSSR count). The van der Waals surface area contributed by atoms with Crippen LogP contribution in [0.4, 0.5) is 0 Å². The van der Waals surface area contributed by atoms with E-state index in [0.717, 1.165) is 12.2 Å². The van der Waals surface area contributed by atoms with Crippen LogP contribution in [0, 0.1) is 0 Å². The Labute approximate surface area is 114 Å². The van der Waals surface area contributed by atoms with Crippen LogP contribution >= 0.6 is 24.2 Å². The zero-order valence-corrected chi connectivity index (χ0v) is 11.9. The lowest BCUT2D eigenvalue weighted by atomic mass is 10.2. The fourth-order valence-corrected chi connectivity index (χ4v) is 1.51. The van der Waals surface area contributed by atoms with Crippen LogP contribution in [0.25, 0.3) is 0 Å². The van der Waals surface area contributed by atoms with Gasteiger partial charge >= 0.3 is 0 Å². The molecule has 0 aliphatic heterocycles. The van der Waals surface area contributed by atoms with E-state index in [1.807, 2.05) is 6.26 Å². The monoisotopic (exact) mass is 282 g/mol. The lowest BCUT2D eigenvalue weighted by Gasteiger charge is -2.11. The van der Waals surface area contributed by atoms with Crippen molar-refractivity contribution in [1.29, 1.82) is 0 Å². The maximum atomic E-state index is 11.4. The van der Waals surface area contributed by atoms with Gasteiger partial charge in [0.15, 0.2) is 0 Å². The lowest BCUT2D eigenvalue weighted by Crippen LogP contribution is -2.42. The average Bonchev–Trinajstić information content (AvgIpc) is 2.30. The molecular weight excluding hydrogens is 260 g/mol. The van der Waals surface area contributed by atoms with E-state index in [9.17, 15) is 4.79 Å². The Morgan fingerprint density at radius 3 is 2.88 bits per heavy atom. The molecular formula is C11H23ClN2O2S. The van der Waals surface area contributed by atoms with Crippen LogP contribution in [0.3, 0.4) is 0 Å². The standard InChI is InChI=1S/C11H22N2O2S.ClH/c1-3-4-7-15-8-6-13-11(14)10(12)5-9-16-2;/h3,10H,1,4-9,12H2,2H3,(H,13,14);1H. The van der Waals surface area contributed by atoms with Crippen LogP contribution in [-0.4, -0.2) is 43.7 Å². The third kappa shape index (κ3) is 12.0. The summed E-state index contributed by atoms with van der Waals surface area (Å²) in [7, 11) is 0. The van der Waals surface area contributed by atoms with Crippen molar-refractivity contribution in [1.82, 2.24) is 5.32 Å². The summed E-state index contributed by atoms with van der Waals surface area (Å²) in [6.07, 6.45) is 5.35. The topological polar surface area (TPSA) is 64.3 Å². The van der Waals surface area contributed by atoms with Gasteiger partial charge < -0.3 is 15.8 Å². The second-order valence-electron chi connectivity index (χ2n) is 3.37. The number of nitrogens with two attached hydrogens (primary N) is 1. The van der Waals surface area contributed by atoms with Gasteiger partial charge in [-0.25, -0.2) is 0 Å². The molecule has 4 nitrogen and oxygen atoms in total. The zero-order valence-electron chi connectivity index (χ0n) is 10.3. The average molecular weight is 283 g/mol. The van der Waals surface area contributed by atoms with Crippen LogP contribution < -0.4 is 11.1 Å². The molecule has 1 unspecified atom stereocenters. The molecule has 0 saturated heterocycles. The first-order valence-electron chi connectivity index (χ1n) is 5.43. The minimum Gasteiger partial charge on any atom is -0.379 e. The van der Waals surface area contributed by atoms with E-state index < -0.39 is 6.04 Å². The van der Waals surface area contributed by atoms with Crippen LogP contribution in [0.2, 0.25) is 0 Å². The van der Waals surface area contributed by atoms with Gasteiger partial charge in [-0.3, -0.25) is 4.79 Å². The molecule has 6 heteroatoms. The number of halogens is 1. The molecule has 0 fully saturated rings. The van der Waals surface area contributed by atoms with Gasteiger partial charge in [0, 0.05) is 6.54 Å². The molecule has 0 spiro atoms. The lowest BCUT2D eigenvalue weighted by molar-refractivity contribution is -0.122. The summed E-state index contributed by atoms with van der Waals surface area (Å²) in [5.74, 6) is 0.811. The third-order valence-corrected chi connectivity index (χ3v) is 2.63. The Bertz CT molecular complexity index is 206. The first-order chi connectivity index (χ1) is 7.72. The molecule has 0 saturated carbocycles. The Balaban J connectivity index is 0. The zero-order chi connectivity index (χ0) is 12.2. The molecule has 0 aromatic heterocycles. The second kappa shape index (κ2) is 13.8. The van der Waals surface area contributed by atoms with Crippen molar-refractivity contribution in [3.05, 3.63) is 12.7 Å². The molecule has 3 N–H and O–H groups in total. The van der Waals surface area contributed by atoms with Gasteiger partial charge in [-0.05, 0) is 24.9 Å². The van der Waals surface area contributed by atoms with Crippen molar-refractivity contribution in [2.75, 3.05) is 31.8 Å². The van der Waals surface area contributed by atoms with Crippen LogP contribution in [-0.2, 0) is 9.53 Å². The van der Waals surface area contributed by atoms with Gasteiger partial charge in [-0.2, -0.15) is 11.8 Å². The van der Waals surface area contributed by atoms with Gasteiger partial charge in [-0.1, -0.05) is 6.08 Å². The van der Waals surface area contributed by atoms with Gasteiger partial charge in [0.1, 0.15) is 0 Å². The highest BCUT2D eigenvalue weighted by Crippen LogP contribution is 1.98. The van der Waals surface area contributed by atoms with Crippen LogP contribution in [0.15, 0.2) is 12.7 Å². The summed E-state index contributed by atoms with van der Waals surface area (Å²) in [6, 6.07) is -0.402. The molecule has 0 aliphatic carbocycles. The van der Waals surface area contributed by atoms with E-state index in [-0.39, 0.29) is 18.3 Å². The Morgan fingerprint density at radius 1 is 1.59 bits per heavy atom. The maximum Gasteiger partial charge on any atom is 0.237 e. The Kier molecular flexibility index (Phi) is 15.6. The highest BCUT2D eigenvalue weighted by Gasteiger charge is 2.11. The van der Waals surface area contributed by atoms with E-state index in [0.29, 0.717) is 26.2 Å². The van der Waals surface area contributed by atoms with E-state index >= 15 is 0 Å². The number of rotatable bonds is 10. The van der Waals surface area contributed by atoms with Crippen molar-refractivity contribution >= 4 is 30.1 Å². The fourth-order valence-electron chi connectivity index (χ4n) is 1.02. The van der Waals surface area contributed by atoms with E-state index in [4.69, 9.17) is 10.5 Å². The fraction of sp³-hybridized carbons (Fsp3) is 0.727. The van der Waals surface area contributed by atoms with Crippen molar-refractivity contribution in [2.24, 2.45) is 5.73 Å². The first kappa shape index (κ1) is 19.1. The summed E-state index contributed by atoms with van der Waals surface area (Å²) < 4.78 is 5.25. The summed E-state index contributed by atoms with van der Waals surface area (Å²) in [4.78, 5) is 11.4. The summed E-state index contributed by atoms with van der Waals surface area (Å²) in [5, 5.41) is 2.74. The van der Waals surface area contributed by atoms with Crippen LogP contribution in [0.1, 0.15) is 12.8 Å². The number of hydrogen-bond donors (Lipinski definition) is 2. The number of ether oxygens (including phenoxy) is 1. The number of thioether (sulfide) groups is 1. The van der Waals surface area contributed by atoms with Crippen LogP contribution in [0.5, 0.6) is 0 Å². The van der Waals surface area contributed by atoms with Crippen molar-refractivity contribution in [2.45, 2.75) is 18.9 Å². The number of nitrogens with one attached hydrogen (secondary N) is 1. The molecule has 17 heavy (non-hydrogen) atoms. The number of carbonyl (C=O) groups is 1. The Morgan fingerprint density at radius 2 is 2.29 bits per heavy atom. The molecule has 0 bridgehead atoms. The molecule has 0 aliphatic rings. The van der Waals surface area contributed by atoms with Gasteiger partial charge in [0.05, 0.1) is 19.3 Å². The van der Waals surface area contributed by atoms with Gasteiger partial charge in [-0.15, -0.1) is 19.0 Å². The smallest absolute Gasteiger partial charge is 0.237 e. The number of hydrogen-bond acceptors (Lipinski definition) is 4. The Hall–Kier alpha value is -0.230. The van der Waals surface area contributed by atoms with Crippen molar-refractivity contribution in [3.8, 4) is 0 Å². The quantitative estimate of drug-likeness (QED) is 0.467. The first-order valence-corrected chi connectivity index (χ1v) is 6.82. The normalized spacial score (nSPS) is 11.4. The predicted octanol–water partition coefficient (Wildman–Crippen LogP) is 1.20. The molecule has 102 valence electrons. The molecule has 0 aromatic carbocycles. The highest BCUT2D eigenvalue weighted by molar-refractivity contribution is 7.98. The SMILES string of the molecule is C=CCCOCCNC(=O)C(N)CCSC.Cl. The molecule has 0 heterocycles. The molecule has 1 atom stereocenters. The van der Waals surface area contributed by atoms with Crippen molar-refractivity contribution < 1.29 is 9.53 Å². The second-order valence-corrected chi connectivity index (χ2v) is 4.35. The summed E-state index contributed by atoms with van der Waals surface area (Å²) in [5.41, 5.74) is 5.69. The maximum absolute atomic E-state index is 11.4. The third-order valence-electron chi connectivity index (χ3n) is 1.98. The molecule has 0 radical (unpaired) electrons. The summed E-state index contributed by atoms with van der Waals surface area (Å²) >= 11 is 1.69. The molecule has 1 amide bonds. The number of amides is 1. The van der Waals surface area contributed by atoms with E-state index in [1.165, 1.54) is 0 Å². The largest absolute Gasteiger partial charge is 0.379 e. The van der Waals surface area contributed by atoms with E-state index in [1.54, 1.807) is 17.8 Å². The highest BCUT2D eigenvalue weighted by atomic mass is 35.5. The molecule has 0 aromatic rings. The minimum absolute atomic E-state index is 0. The minimum atomic E-state index is -0.402.